The van der Waals surface area contributed by atoms with Crippen molar-refractivity contribution in [3.8, 4) is 0 Å². The molecule has 162 valence electrons. The van der Waals surface area contributed by atoms with E-state index in [1.54, 1.807) is 22.8 Å². The van der Waals surface area contributed by atoms with Crippen LogP contribution in [-0.2, 0) is 12.3 Å². The summed E-state index contributed by atoms with van der Waals surface area (Å²) in [6.45, 7) is 8.77. The van der Waals surface area contributed by atoms with E-state index in [4.69, 9.17) is 16.6 Å². The Morgan fingerprint density at radius 2 is 2.00 bits per heavy atom. The predicted octanol–water partition coefficient (Wildman–Crippen LogP) is 5.30. The van der Waals surface area contributed by atoms with Crippen molar-refractivity contribution in [2.24, 2.45) is 5.92 Å². The Hall–Kier alpha value is -2.16. The highest BCUT2D eigenvalue weighted by molar-refractivity contribution is 7.98. The number of fused-ring (bicyclic) bond motifs is 2. The van der Waals surface area contributed by atoms with E-state index in [-0.39, 0.29) is 11.1 Å². The maximum atomic E-state index is 13.1. The lowest BCUT2D eigenvalue weighted by Crippen LogP contribution is -2.24. The maximum Gasteiger partial charge on any atom is 0.262 e. The lowest BCUT2D eigenvalue weighted by Gasteiger charge is -2.14. The van der Waals surface area contributed by atoms with Crippen molar-refractivity contribution in [1.29, 1.82) is 0 Å². The molecule has 0 aliphatic carbocycles. The summed E-state index contributed by atoms with van der Waals surface area (Å²) >= 11 is 9.04. The van der Waals surface area contributed by atoms with Gasteiger partial charge in [0.15, 0.2) is 5.16 Å². The number of aromatic nitrogens is 4. The van der Waals surface area contributed by atoms with Crippen molar-refractivity contribution in [3.63, 3.8) is 0 Å². The Kier molecular flexibility index (Phi) is 6.23. The van der Waals surface area contributed by atoms with E-state index < -0.39 is 0 Å². The van der Waals surface area contributed by atoms with Crippen LogP contribution in [0.3, 0.4) is 0 Å². The number of thiophene rings is 1. The molecule has 0 atom stereocenters. The van der Waals surface area contributed by atoms with Gasteiger partial charge in [-0.15, -0.1) is 11.3 Å². The first-order chi connectivity index (χ1) is 14.7. The molecule has 0 bridgehead atoms. The van der Waals surface area contributed by atoms with Gasteiger partial charge in [-0.25, -0.2) is 9.97 Å². The van der Waals surface area contributed by atoms with Crippen LogP contribution in [0.5, 0.6) is 0 Å². The second-order valence-corrected chi connectivity index (χ2v) is 10.5. The van der Waals surface area contributed by atoms with Gasteiger partial charge in [-0.2, -0.15) is 0 Å². The number of benzene rings is 1. The third-order valence-electron chi connectivity index (χ3n) is 5.24. The summed E-state index contributed by atoms with van der Waals surface area (Å²) in [4.78, 5) is 39.8. The van der Waals surface area contributed by atoms with E-state index in [1.165, 1.54) is 23.1 Å². The molecule has 3 aromatic heterocycles. The van der Waals surface area contributed by atoms with Gasteiger partial charge in [-0.1, -0.05) is 37.2 Å². The van der Waals surface area contributed by atoms with E-state index >= 15 is 0 Å². The number of aryl methyl sites for hydroxylation is 2. The van der Waals surface area contributed by atoms with Crippen LogP contribution in [0.25, 0.3) is 21.1 Å². The van der Waals surface area contributed by atoms with Gasteiger partial charge in [-0.05, 0) is 49.9 Å². The first-order valence-corrected chi connectivity index (χ1v) is 12.2. The molecule has 0 saturated heterocycles. The fraction of sp³-hybridized carbons (Fsp3) is 0.364. The quantitative estimate of drug-likeness (QED) is 0.303. The van der Waals surface area contributed by atoms with Crippen LogP contribution in [0.15, 0.2) is 32.9 Å². The van der Waals surface area contributed by atoms with Gasteiger partial charge in [-0.3, -0.25) is 14.2 Å². The Labute approximate surface area is 192 Å². The molecule has 0 amide bonds. The molecular weight excluding hydrogens is 452 g/mol. The fourth-order valence-corrected chi connectivity index (χ4v) is 5.48. The number of halogens is 1. The van der Waals surface area contributed by atoms with Gasteiger partial charge in [0.1, 0.15) is 10.7 Å². The SMILES string of the molecule is Cc1sc2nc(CSc3nc4cc(Cl)ccc4c(=O)n3CCC(C)C)[nH]c(=O)c2c1C. The van der Waals surface area contributed by atoms with Crippen LogP contribution in [-0.4, -0.2) is 19.5 Å². The predicted molar refractivity (Wildman–Crippen MR) is 130 cm³/mol. The van der Waals surface area contributed by atoms with Crippen molar-refractivity contribution in [3.05, 3.63) is 60.2 Å². The van der Waals surface area contributed by atoms with E-state index in [9.17, 15) is 9.59 Å². The molecule has 1 N–H and O–H groups in total. The summed E-state index contributed by atoms with van der Waals surface area (Å²) in [5.41, 5.74) is 1.34. The summed E-state index contributed by atoms with van der Waals surface area (Å²) in [7, 11) is 0. The molecular formula is C22H23ClN4O2S2. The summed E-state index contributed by atoms with van der Waals surface area (Å²) in [5, 5.41) is 2.34. The lowest BCUT2D eigenvalue weighted by atomic mass is 10.1. The molecule has 0 saturated carbocycles. The third kappa shape index (κ3) is 4.42. The Morgan fingerprint density at radius 1 is 1.23 bits per heavy atom. The average molecular weight is 475 g/mol. The van der Waals surface area contributed by atoms with Crippen molar-refractivity contribution in [2.45, 2.75) is 51.6 Å². The molecule has 31 heavy (non-hydrogen) atoms. The van der Waals surface area contributed by atoms with Gasteiger partial charge >= 0.3 is 0 Å². The van der Waals surface area contributed by atoms with Crippen LogP contribution in [0, 0.1) is 19.8 Å². The van der Waals surface area contributed by atoms with Crippen LogP contribution < -0.4 is 11.1 Å². The van der Waals surface area contributed by atoms with Gasteiger partial charge in [0.25, 0.3) is 11.1 Å². The zero-order chi connectivity index (χ0) is 22.3. The first kappa shape index (κ1) is 22.0. The second-order valence-electron chi connectivity index (χ2n) is 7.96. The van der Waals surface area contributed by atoms with Crippen LogP contribution in [0.2, 0.25) is 5.02 Å². The molecule has 4 rings (SSSR count). The van der Waals surface area contributed by atoms with E-state index in [0.717, 1.165) is 21.7 Å². The molecule has 4 aromatic rings. The Morgan fingerprint density at radius 3 is 2.74 bits per heavy atom. The summed E-state index contributed by atoms with van der Waals surface area (Å²) in [6, 6.07) is 5.14. The van der Waals surface area contributed by atoms with Crippen molar-refractivity contribution >= 4 is 55.8 Å². The minimum Gasteiger partial charge on any atom is -0.309 e. The average Bonchev–Trinajstić information content (AvgIpc) is 2.99. The topological polar surface area (TPSA) is 80.6 Å². The van der Waals surface area contributed by atoms with Gasteiger partial charge < -0.3 is 4.98 Å². The lowest BCUT2D eigenvalue weighted by molar-refractivity contribution is 0.481. The standard InChI is InChI=1S/C22H23ClN4O2S2/c1-11(2)7-8-27-21(29)15-6-5-14(23)9-16(15)24-22(27)30-10-17-25-19(28)18-12(3)13(4)31-20(18)26-17/h5-6,9,11H,7-8,10H2,1-4H3,(H,25,26,28). The monoisotopic (exact) mass is 474 g/mol. The number of aromatic amines is 1. The molecule has 3 heterocycles. The largest absolute Gasteiger partial charge is 0.309 e. The molecule has 9 heteroatoms. The number of nitrogens with one attached hydrogen (secondary N) is 1. The van der Waals surface area contributed by atoms with Gasteiger partial charge in [0.2, 0.25) is 0 Å². The number of H-pyrrole nitrogens is 1. The molecule has 0 radical (unpaired) electrons. The van der Waals surface area contributed by atoms with Crippen molar-refractivity contribution < 1.29 is 0 Å². The first-order valence-electron chi connectivity index (χ1n) is 10.1. The molecule has 6 nitrogen and oxygen atoms in total. The van der Waals surface area contributed by atoms with Gasteiger partial charge in [0.05, 0.1) is 22.0 Å². The zero-order valence-corrected chi connectivity index (χ0v) is 20.2. The molecule has 0 spiro atoms. The minimum atomic E-state index is -0.127. The van der Waals surface area contributed by atoms with Crippen LogP contribution in [0.1, 0.15) is 36.5 Å². The van der Waals surface area contributed by atoms with Crippen LogP contribution in [0.4, 0.5) is 0 Å². The molecule has 0 aliphatic heterocycles. The molecule has 0 aliphatic rings. The van der Waals surface area contributed by atoms with Crippen molar-refractivity contribution in [1.82, 2.24) is 19.5 Å². The van der Waals surface area contributed by atoms with Crippen molar-refractivity contribution in [2.75, 3.05) is 0 Å². The summed E-state index contributed by atoms with van der Waals surface area (Å²) in [6.07, 6.45) is 0.864. The van der Waals surface area contributed by atoms with Gasteiger partial charge in [0, 0.05) is 16.4 Å². The summed E-state index contributed by atoms with van der Waals surface area (Å²) in [5.74, 6) is 1.43. The highest BCUT2D eigenvalue weighted by Gasteiger charge is 2.15. The number of hydrogen-bond acceptors (Lipinski definition) is 6. The number of hydrogen-bond donors (Lipinski definition) is 1. The molecule has 0 unspecified atom stereocenters. The third-order valence-corrected chi connectivity index (χ3v) is 7.56. The zero-order valence-electron chi connectivity index (χ0n) is 17.8. The Balaban J connectivity index is 1.73. The Bertz CT molecular complexity index is 1400. The van der Waals surface area contributed by atoms with E-state index in [0.29, 0.717) is 50.5 Å². The molecule has 1 aromatic carbocycles. The number of rotatable bonds is 6. The number of thioether (sulfide) groups is 1. The maximum absolute atomic E-state index is 13.1. The molecule has 0 fully saturated rings. The van der Waals surface area contributed by atoms with E-state index in [2.05, 4.69) is 23.8 Å². The van der Waals surface area contributed by atoms with Crippen LogP contribution >= 0.6 is 34.7 Å². The smallest absolute Gasteiger partial charge is 0.262 e. The number of nitrogens with zero attached hydrogens (tertiary/aromatic N) is 3. The highest BCUT2D eigenvalue weighted by atomic mass is 35.5. The fourth-order valence-electron chi connectivity index (χ4n) is 3.37. The van der Waals surface area contributed by atoms with E-state index in [1.807, 2.05) is 13.8 Å². The normalized spacial score (nSPS) is 11.8. The minimum absolute atomic E-state index is 0.0776. The second kappa shape index (κ2) is 8.76. The summed E-state index contributed by atoms with van der Waals surface area (Å²) < 4.78 is 1.72. The highest BCUT2D eigenvalue weighted by Crippen LogP contribution is 2.27.